The number of aryl methyl sites for hydroxylation is 1. The van der Waals surface area contributed by atoms with Crippen molar-refractivity contribution in [3.63, 3.8) is 0 Å². The number of nitrogens with zero attached hydrogens (tertiary/aromatic N) is 3. The molecule has 182 valence electrons. The topological polar surface area (TPSA) is 93.8 Å². The highest BCUT2D eigenvalue weighted by Gasteiger charge is 2.27. The van der Waals surface area contributed by atoms with Gasteiger partial charge >= 0.3 is 5.97 Å². The minimum Gasteiger partial charge on any atom is -0.508 e. The van der Waals surface area contributed by atoms with Gasteiger partial charge in [-0.2, -0.15) is 0 Å². The van der Waals surface area contributed by atoms with Crippen molar-refractivity contribution in [2.75, 3.05) is 0 Å². The number of phenolic OH excluding ortho intramolecular Hbond substituents is 1. The fourth-order valence-corrected chi connectivity index (χ4v) is 4.83. The predicted molar refractivity (Wildman–Crippen MR) is 141 cm³/mol. The van der Waals surface area contributed by atoms with Crippen molar-refractivity contribution < 1.29 is 14.6 Å². The number of ether oxygens (including phenoxy) is 1. The summed E-state index contributed by atoms with van der Waals surface area (Å²) in [4.78, 5) is 35.4. The van der Waals surface area contributed by atoms with E-state index in [9.17, 15) is 14.7 Å². The molecule has 7 nitrogen and oxygen atoms in total. The lowest BCUT2D eigenvalue weighted by atomic mass is 10.0. The van der Waals surface area contributed by atoms with E-state index in [1.54, 1.807) is 24.4 Å². The summed E-state index contributed by atoms with van der Waals surface area (Å²) in [6, 6.07) is 19.6. The molecule has 0 fully saturated rings. The van der Waals surface area contributed by atoms with Crippen LogP contribution >= 0.6 is 0 Å². The third-order valence-corrected chi connectivity index (χ3v) is 6.59. The van der Waals surface area contributed by atoms with E-state index >= 15 is 0 Å². The first-order valence-electron chi connectivity index (χ1n) is 12.0. The van der Waals surface area contributed by atoms with Crippen LogP contribution in [0.2, 0.25) is 0 Å². The number of allylic oxidation sites excluding steroid dienone is 1. The molecule has 0 atom stereocenters. The first-order chi connectivity index (χ1) is 18.0. The largest absolute Gasteiger partial charge is 0.508 e. The zero-order valence-electron chi connectivity index (χ0n) is 20.1. The van der Waals surface area contributed by atoms with Gasteiger partial charge in [0, 0.05) is 17.6 Å². The van der Waals surface area contributed by atoms with Gasteiger partial charge in [0.05, 0.1) is 22.5 Å². The molecule has 0 radical (unpaired) electrons. The van der Waals surface area contributed by atoms with Gasteiger partial charge in [-0.25, -0.2) is 14.8 Å². The molecule has 3 heterocycles. The van der Waals surface area contributed by atoms with Crippen molar-refractivity contribution in [2.45, 2.75) is 26.4 Å². The monoisotopic (exact) mass is 489 g/mol. The second kappa shape index (κ2) is 9.02. The molecular weight excluding hydrogens is 466 g/mol. The van der Waals surface area contributed by atoms with Gasteiger partial charge in [0.1, 0.15) is 18.0 Å². The van der Waals surface area contributed by atoms with Crippen molar-refractivity contribution in [2.24, 2.45) is 0 Å². The molecular formula is C30H23N3O4. The summed E-state index contributed by atoms with van der Waals surface area (Å²) in [6.45, 7) is 1.80. The molecule has 0 saturated carbocycles. The van der Waals surface area contributed by atoms with Crippen LogP contribution in [0.1, 0.15) is 44.9 Å². The summed E-state index contributed by atoms with van der Waals surface area (Å²) >= 11 is 0. The van der Waals surface area contributed by atoms with Gasteiger partial charge in [0.25, 0.3) is 5.56 Å². The number of fused-ring (bicyclic) bond motifs is 3. The zero-order chi connectivity index (χ0) is 25.5. The summed E-state index contributed by atoms with van der Waals surface area (Å²) < 4.78 is 7.20. The molecule has 0 saturated heterocycles. The molecule has 1 N–H and O–H groups in total. The quantitative estimate of drug-likeness (QED) is 0.353. The van der Waals surface area contributed by atoms with Gasteiger partial charge in [-0.3, -0.25) is 9.20 Å². The molecule has 0 aliphatic heterocycles. The van der Waals surface area contributed by atoms with E-state index in [0.717, 1.165) is 39.8 Å². The number of hydrogen-bond donors (Lipinski definition) is 1. The Morgan fingerprint density at radius 2 is 1.86 bits per heavy atom. The van der Waals surface area contributed by atoms with Crippen LogP contribution in [0.5, 0.6) is 5.75 Å². The van der Waals surface area contributed by atoms with Crippen LogP contribution in [0.15, 0.2) is 77.7 Å². The van der Waals surface area contributed by atoms with Crippen LogP contribution in [0.25, 0.3) is 28.2 Å². The Balaban J connectivity index is 1.36. The number of carbonyl (C=O) groups is 1. The molecule has 6 rings (SSSR count). The lowest BCUT2D eigenvalue weighted by Gasteiger charge is -2.12. The van der Waals surface area contributed by atoms with E-state index in [4.69, 9.17) is 9.72 Å². The van der Waals surface area contributed by atoms with Crippen LogP contribution in [0.4, 0.5) is 0 Å². The van der Waals surface area contributed by atoms with E-state index in [-0.39, 0.29) is 17.9 Å². The molecule has 37 heavy (non-hydrogen) atoms. The van der Waals surface area contributed by atoms with Gasteiger partial charge in [-0.15, -0.1) is 0 Å². The maximum absolute atomic E-state index is 13.5. The van der Waals surface area contributed by atoms with Crippen LogP contribution in [-0.4, -0.2) is 25.4 Å². The van der Waals surface area contributed by atoms with Crippen molar-refractivity contribution in [1.29, 1.82) is 0 Å². The number of para-hydroxylation sites is 1. The van der Waals surface area contributed by atoms with E-state index in [1.807, 2.05) is 55.5 Å². The standard InChI is InChI=1S/C30H23N3O4/c1-18-6-13-26-31-21(15-27(35)33(26)16-18)17-37-30(36)28-23-4-2-3-5-25(23)32-29-20(9-12-24(28)29)14-19-7-10-22(34)11-8-19/h2-8,10-11,13-16,34H,9,12,17H2,1H3/b20-14+. The number of esters is 1. The highest BCUT2D eigenvalue weighted by atomic mass is 16.5. The Morgan fingerprint density at radius 1 is 1.05 bits per heavy atom. The van der Waals surface area contributed by atoms with E-state index < -0.39 is 5.97 Å². The van der Waals surface area contributed by atoms with Gasteiger partial charge in [0.2, 0.25) is 0 Å². The highest BCUT2D eigenvalue weighted by Crippen LogP contribution is 2.38. The predicted octanol–water partition coefficient (Wildman–Crippen LogP) is 5.10. The number of pyridine rings is 2. The lowest BCUT2D eigenvalue weighted by molar-refractivity contribution is 0.0469. The second-order valence-electron chi connectivity index (χ2n) is 9.19. The van der Waals surface area contributed by atoms with Crippen LogP contribution in [0.3, 0.4) is 0 Å². The van der Waals surface area contributed by atoms with Crippen molar-refractivity contribution in [1.82, 2.24) is 14.4 Å². The Labute approximate surface area is 212 Å². The van der Waals surface area contributed by atoms with E-state index in [1.165, 1.54) is 10.5 Å². The number of aromatic hydroxyl groups is 1. The SMILES string of the molecule is Cc1ccc2nc(COC(=O)c3c4c(nc5ccccc35)/C(=C/c3ccc(O)cc3)CC4)cc(=O)n2c1. The fraction of sp³-hybridized carbons (Fsp3) is 0.133. The molecule has 5 aromatic rings. The number of carbonyl (C=O) groups excluding carboxylic acids is 1. The first-order valence-corrected chi connectivity index (χ1v) is 12.0. The molecule has 0 amide bonds. The Hall–Kier alpha value is -4.78. The number of hydrogen-bond acceptors (Lipinski definition) is 6. The molecule has 1 aliphatic rings. The molecule has 7 heteroatoms. The maximum atomic E-state index is 13.5. The lowest BCUT2D eigenvalue weighted by Crippen LogP contribution is -2.17. The summed E-state index contributed by atoms with van der Waals surface area (Å²) in [5.74, 6) is -0.256. The third kappa shape index (κ3) is 4.25. The van der Waals surface area contributed by atoms with E-state index in [2.05, 4.69) is 4.98 Å². The molecule has 3 aromatic heterocycles. The summed E-state index contributed by atoms with van der Waals surface area (Å²) in [5, 5.41) is 10.3. The fourth-order valence-electron chi connectivity index (χ4n) is 4.83. The van der Waals surface area contributed by atoms with Crippen LogP contribution < -0.4 is 5.56 Å². The number of aromatic nitrogens is 3. The van der Waals surface area contributed by atoms with Crippen molar-refractivity contribution in [3.8, 4) is 5.75 Å². The van der Waals surface area contributed by atoms with Crippen LogP contribution in [-0.2, 0) is 17.8 Å². The minimum absolute atomic E-state index is 0.111. The minimum atomic E-state index is -0.466. The van der Waals surface area contributed by atoms with E-state index in [0.29, 0.717) is 28.8 Å². The summed E-state index contributed by atoms with van der Waals surface area (Å²) in [6.07, 6.45) is 5.17. The molecule has 0 spiro atoms. The van der Waals surface area contributed by atoms with Crippen molar-refractivity contribution >= 4 is 34.2 Å². The molecule has 2 aromatic carbocycles. The normalized spacial score (nSPS) is 13.8. The molecule has 1 aliphatic carbocycles. The maximum Gasteiger partial charge on any atom is 0.339 e. The molecule has 0 unspecified atom stereocenters. The number of benzene rings is 2. The van der Waals surface area contributed by atoms with Crippen LogP contribution in [0, 0.1) is 6.92 Å². The third-order valence-electron chi connectivity index (χ3n) is 6.59. The highest BCUT2D eigenvalue weighted by molar-refractivity contribution is 6.07. The van der Waals surface area contributed by atoms with Gasteiger partial charge in [-0.1, -0.05) is 36.4 Å². The Morgan fingerprint density at radius 3 is 2.70 bits per heavy atom. The first kappa shape index (κ1) is 22.7. The molecule has 0 bridgehead atoms. The summed E-state index contributed by atoms with van der Waals surface area (Å²) in [5.41, 5.74) is 6.46. The van der Waals surface area contributed by atoms with Gasteiger partial charge < -0.3 is 9.84 Å². The van der Waals surface area contributed by atoms with Gasteiger partial charge in [-0.05, 0) is 72.4 Å². The second-order valence-corrected chi connectivity index (χ2v) is 9.19. The average molecular weight is 490 g/mol. The Bertz CT molecular complexity index is 1790. The Kier molecular flexibility index (Phi) is 5.53. The average Bonchev–Trinajstić information content (AvgIpc) is 3.29. The number of phenols is 1. The summed E-state index contributed by atoms with van der Waals surface area (Å²) in [7, 11) is 0. The number of rotatable bonds is 4. The smallest absolute Gasteiger partial charge is 0.339 e. The zero-order valence-corrected chi connectivity index (χ0v) is 20.1. The van der Waals surface area contributed by atoms with Gasteiger partial charge in [0.15, 0.2) is 0 Å². The van der Waals surface area contributed by atoms with Crippen molar-refractivity contribution in [3.05, 3.63) is 117 Å².